The predicted octanol–water partition coefficient (Wildman–Crippen LogP) is 6.85. The van der Waals surface area contributed by atoms with Crippen molar-refractivity contribution in [3.63, 3.8) is 0 Å². The van der Waals surface area contributed by atoms with E-state index in [0.717, 1.165) is 28.8 Å². The summed E-state index contributed by atoms with van der Waals surface area (Å²) in [6.07, 6.45) is 3.77. The lowest BCUT2D eigenvalue weighted by Gasteiger charge is -2.34. The molecule has 0 bridgehead atoms. The smallest absolute Gasteiger partial charge is 0.175 e. The van der Waals surface area contributed by atoms with E-state index in [4.69, 9.17) is 16.6 Å². The van der Waals surface area contributed by atoms with E-state index < -0.39 is 0 Å². The van der Waals surface area contributed by atoms with E-state index >= 15 is 0 Å². The van der Waals surface area contributed by atoms with Crippen LogP contribution in [0.4, 0.5) is 5.00 Å². The Bertz CT molecular complexity index is 1180. The van der Waals surface area contributed by atoms with Crippen molar-refractivity contribution >= 4 is 49.9 Å². The summed E-state index contributed by atoms with van der Waals surface area (Å²) in [7, 11) is 0. The van der Waals surface area contributed by atoms with Gasteiger partial charge in [0.25, 0.3) is 0 Å². The Morgan fingerprint density at radius 3 is 2.82 bits per heavy atom. The molecule has 0 amide bonds. The summed E-state index contributed by atoms with van der Waals surface area (Å²) in [5, 5.41) is 5.34. The molecule has 0 aliphatic carbocycles. The second-order valence-electron chi connectivity index (χ2n) is 7.75. The molecule has 2 aromatic heterocycles. The van der Waals surface area contributed by atoms with Crippen LogP contribution in [0.25, 0.3) is 33.1 Å². The molecule has 1 atom stereocenters. The summed E-state index contributed by atoms with van der Waals surface area (Å²) < 4.78 is 4.69. The molecule has 28 heavy (non-hydrogen) atoms. The zero-order chi connectivity index (χ0) is 19.3. The van der Waals surface area contributed by atoms with Crippen LogP contribution in [0.1, 0.15) is 31.7 Å². The molecule has 1 unspecified atom stereocenters. The second kappa shape index (κ2) is 7.02. The second-order valence-corrected chi connectivity index (χ2v) is 8.91. The molecule has 4 aromatic rings. The Morgan fingerprint density at radius 2 is 1.96 bits per heavy atom. The quantitative estimate of drug-likeness (QED) is 0.363. The third kappa shape index (κ3) is 2.96. The van der Waals surface area contributed by atoms with Gasteiger partial charge in [0.15, 0.2) is 5.65 Å². The van der Waals surface area contributed by atoms with Gasteiger partial charge in [0.05, 0.1) is 16.1 Å². The van der Waals surface area contributed by atoms with Crippen molar-refractivity contribution in [1.82, 2.24) is 9.36 Å². The van der Waals surface area contributed by atoms with Crippen molar-refractivity contribution in [3.8, 4) is 11.3 Å². The molecule has 3 nitrogen and oxygen atoms in total. The van der Waals surface area contributed by atoms with Crippen LogP contribution in [0.3, 0.4) is 0 Å². The number of pyridine rings is 1. The Labute approximate surface area is 174 Å². The zero-order valence-corrected chi connectivity index (χ0v) is 17.6. The molecule has 0 spiro atoms. The highest BCUT2D eigenvalue weighted by molar-refractivity contribution is 7.11. The molecular formula is C23H22ClN3S. The Hall–Kier alpha value is -2.17. The minimum atomic E-state index is 0.538. The summed E-state index contributed by atoms with van der Waals surface area (Å²) in [6, 6.07) is 15.4. The van der Waals surface area contributed by atoms with E-state index in [0.29, 0.717) is 11.1 Å². The average molecular weight is 408 g/mol. The summed E-state index contributed by atoms with van der Waals surface area (Å²) in [6.45, 7) is 5.49. The minimum absolute atomic E-state index is 0.538. The van der Waals surface area contributed by atoms with Crippen LogP contribution < -0.4 is 4.90 Å². The van der Waals surface area contributed by atoms with Crippen LogP contribution in [0.5, 0.6) is 0 Å². The number of hydrogen-bond acceptors (Lipinski definition) is 4. The Kier molecular flexibility index (Phi) is 4.48. The van der Waals surface area contributed by atoms with Gasteiger partial charge in [-0.2, -0.15) is 4.37 Å². The molecule has 3 heterocycles. The van der Waals surface area contributed by atoms with Crippen LogP contribution in [0, 0.1) is 6.92 Å². The largest absolute Gasteiger partial charge is 0.359 e. The van der Waals surface area contributed by atoms with Crippen LogP contribution in [0.15, 0.2) is 42.5 Å². The number of nitrogens with zero attached hydrogens (tertiary/aromatic N) is 3. The first-order chi connectivity index (χ1) is 13.6. The van der Waals surface area contributed by atoms with Gasteiger partial charge in [0, 0.05) is 18.2 Å². The third-order valence-corrected chi connectivity index (χ3v) is 6.91. The fraction of sp³-hybridized carbons (Fsp3) is 0.304. The van der Waals surface area contributed by atoms with Crippen molar-refractivity contribution in [1.29, 1.82) is 0 Å². The maximum Gasteiger partial charge on any atom is 0.175 e. The number of anilines is 1. The van der Waals surface area contributed by atoms with Crippen molar-refractivity contribution in [3.05, 3.63) is 53.1 Å². The van der Waals surface area contributed by atoms with E-state index in [1.54, 1.807) is 11.5 Å². The SMILES string of the molecule is Cc1cc(-c2nc3nsc(N4CCCCC4C)c3cc2Cl)c2ccccc2c1. The molecule has 1 aliphatic heterocycles. The first kappa shape index (κ1) is 17.9. The fourth-order valence-electron chi connectivity index (χ4n) is 4.29. The molecule has 1 fully saturated rings. The summed E-state index contributed by atoms with van der Waals surface area (Å²) >= 11 is 8.34. The summed E-state index contributed by atoms with van der Waals surface area (Å²) in [5.41, 5.74) is 3.89. The van der Waals surface area contributed by atoms with E-state index in [2.05, 4.69) is 65.6 Å². The van der Waals surface area contributed by atoms with Gasteiger partial charge >= 0.3 is 0 Å². The third-order valence-electron chi connectivity index (χ3n) is 5.73. The summed E-state index contributed by atoms with van der Waals surface area (Å²) in [4.78, 5) is 7.39. The zero-order valence-electron chi connectivity index (χ0n) is 16.1. The highest BCUT2D eigenvalue weighted by atomic mass is 35.5. The normalized spacial score (nSPS) is 17.5. The van der Waals surface area contributed by atoms with Crippen LogP contribution >= 0.6 is 23.1 Å². The lowest BCUT2D eigenvalue weighted by atomic mass is 9.98. The van der Waals surface area contributed by atoms with Crippen molar-refractivity contribution in [2.24, 2.45) is 0 Å². The van der Waals surface area contributed by atoms with Crippen molar-refractivity contribution in [2.75, 3.05) is 11.4 Å². The first-order valence-corrected chi connectivity index (χ1v) is 11.0. The van der Waals surface area contributed by atoms with Gasteiger partial charge in [0.2, 0.25) is 0 Å². The van der Waals surface area contributed by atoms with Crippen LogP contribution in [0.2, 0.25) is 5.02 Å². The van der Waals surface area contributed by atoms with Gasteiger partial charge in [0.1, 0.15) is 5.00 Å². The van der Waals surface area contributed by atoms with Gasteiger partial charge < -0.3 is 4.90 Å². The summed E-state index contributed by atoms with van der Waals surface area (Å²) in [5.74, 6) is 0. The Balaban J connectivity index is 1.68. The molecule has 0 N–H and O–H groups in total. The maximum absolute atomic E-state index is 6.79. The number of fused-ring (bicyclic) bond motifs is 2. The number of piperidine rings is 1. The average Bonchev–Trinajstić information content (AvgIpc) is 3.09. The number of rotatable bonds is 2. The van der Waals surface area contributed by atoms with Gasteiger partial charge in [-0.1, -0.05) is 41.9 Å². The van der Waals surface area contributed by atoms with E-state index in [-0.39, 0.29) is 0 Å². The monoisotopic (exact) mass is 407 g/mol. The molecule has 0 radical (unpaired) electrons. The highest BCUT2D eigenvalue weighted by Crippen LogP contribution is 2.40. The van der Waals surface area contributed by atoms with E-state index in [9.17, 15) is 0 Å². The lowest BCUT2D eigenvalue weighted by molar-refractivity contribution is 0.488. The van der Waals surface area contributed by atoms with E-state index in [1.807, 2.05) is 0 Å². The van der Waals surface area contributed by atoms with Crippen molar-refractivity contribution in [2.45, 2.75) is 39.2 Å². The van der Waals surface area contributed by atoms with Crippen LogP contribution in [-0.4, -0.2) is 21.9 Å². The Morgan fingerprint density at radius 1 is 1.11 bits per heavy atom. The number of halogens is 1. The van der Waals surface area contributed by atoms with Crippen LogP contribution in [-0.2, 0) is 0 Å². The molecule has 1 aliphatic rings. The number of aryl methyl sites for hydroxylation is 1. The number of benzene rings is 2. The van der Waals surface area contributed by atoms with Gasteiger partial charge in [-0.05, 0) is 73.1 Å². The van der Waals surface area contributed by atoms with E-state index in [1.165, 1.54) is 40.6 Å². The maximum atomic E-state index is 6.79. The van der Waals surface area contributed by atoms with Gasteiger partial charge in [-0.25, -0.2) is 4.98 Å². The number of hydrogen-bond donors (Lipinski definition) is 0. The van der Waals surface area contributed by atoms with Crippen molar-refractivity contribution < 1.29 is 0 Å². The first-order valence-electron chi connectivity index (χ1n) is 9.84. The topological polar surface area (TPSA) is 29.0 Å². The minimum Gasteiger partial charge on any atom is -0.359 e. The molecule has 1 saturated heterocycles. The predicted molar refractivity (Wildman–Crippen MR) is 121 cm³/mol. The molecular weight excluding hydrogens is 386 g/mol. The van der Waals surface area contributed by atoms with Gasteiger partial charge in [-0.15, -0.1) is 0 Å². The fourth-order valence-corrected chi connectivity index (χ4v) is 5.48. The standard InChI is InChI=1S/C23H22ClN3S/c1-14-11-16-8-3-4-9-17(16)18(12-14)21-20(24)13-19-22(25-21)26-28-23(19)27-10-6-5-7-15(27)2/h3-4,8-9,11-13,15H,5-7,10H2,1-2H3. The highest BCUT2D eigenvalue weighted by Gasteiger charge is 2.24. The molecule has 0 saturated carbocycles. The molecule has 5 heteroatoms. The number of aromatic nitrogens is 2. The van der Waals surface area contributed by atoms with Gasteiger partial charge in [-0.3, -0.25) is 0 Å². The molecule has 2 aromatic carbocycles. The molecule has 5 rings (SSSR count). The lowest BCUT2D eigenvalue weighted by Crippen LogP contribution is -2.36. The molecule has 142 valence electrons.